The van der Waals surface area contributed by atoms with Crippen LogP contribution < -0.4 is 21.8 Å². The molecule has 1 heterocycles. The summed E-state index contributed by atoms with van der Waals surface area (Å²) in [7, 11) is 0. The summed E-state index contributed by atoms with van der Waals surface area (Å²) in [5.74, 6) is 0.897. The molecular weight excluding hydrogens is 364 g/mol. The molecule has 0 atom stereocenters. The van der Waals surface area contributed by atoms with Gasteiger partial charge in [-0.1, -0.05) is 62.6 Å². The summed E-state index contributed by atoms with van der Waals surface area (Å²) < 4.78 is 0. The molecule has 5 heteroatoms. The lowest BCUT2D eigenvalue weighted by atomic mass is 10.1. The maximum atomic E-state index is 4.72. The third kappa shape index (κ3) is 4.51. The topological polar surface area (TPSA) is 34.6 Å². The molecule has 126 valence electrons. The Kier molecular flexibility index (Phi) is 7.12. The van der Waals surface area contributed by atoms with Gasteiger partial charge in [0.2, 0.25) is 0 Å². The smallest absolute Gasteiger partial charge is 0.309 e. The Hall–Kier alpha value is -2.01. The number of para-hydroxylation sites is 2. The maximum Gasteiger partial charge on any atom is 0.309 e. The van der Waals surface area contributed by atoms with Crippen LogP contribution in [-0.2, 0) is 6.42 Å². The fraction of sp³-hybridized carbons (Fsp3) is 0.316. The zero-order valence-electron chi connectivity index (χ0n) is 14.0. The van der Waals surface area contributed by atoms with Gasteiger partial charge in [0.05, 0.1) is 5.10 Å². The van der Waals surface area contributed by atoms with E-state index in [9.17, 15) is 0 Å². The number of hydrogen-bond acceptors (Lipinski definition) is 2. The lowest BCUT2D eigenvalue weighted by Gasteiger charge is -1.98. The van der Waals surface area contributed by atoms with E-state index in [0.29, 0.717) is 0 Å². The molecule has 0 aliphatic heterocycles. The molecule has 4 nitrogen and oxygen atoms in total. The number of halogens is 1. The molecule has 0 saturated heterocycles. The number of aromatic nitrogens is 4. The van der Waals surface area contributed by atoms with Crippen LogP contribution in [0.3, 0.4) is 0 Å². The second-order valence-corrected chi connectivity index (χ2v) is 5.68. The Bertz CT molecular complexity index is 669. The van der Waals surface area contributed by atoms with E-state index < -0.39 is 0 Å². The van der Waals surface area contributed by atoms with Crippen LogP contribution in [0.25, 0.3) is 11.4 Å². The fourth-order valence-corrected chi connectivity index (χ4v) is 2.59. The van der Waals surface area contributed by atoms with E-state index in [2.05, 4.69) is 31.2 Å². The number of benzene rings is 2. The van der Waals surface area contributed by atoms with E-state index in [4.69, 9.17) is 10.2 Å². The van der Waals surface area contributed by atoms with Gasteiger partial charge in [-0.3, -0.25) is 0 Å². The first-order valence-electron chi connectivity index (χ1n) is 8.38. The minimum atomic E-state index is 0. The first kappa shape index (κ1) is 18.3. The Morgan fingerprint density at radius 1 is 0.875 bits per heavy atom. The van der Waals surface area contributed by atoms with Crippen molar-refractivity contribution < 1.29 is 21.8 Å². The van der Waals surface area contributed by atoms with Crippen molar-refractivity contribution in [2.24, 2.45) is 0 Å². The number of rotatable bonds is 7. The second kappa shape index (κ2) is 9.33. The average Bonchev–Trinajstić information content (AvgIpc) is 3.05. The number of nitrogens with zero attached hydrogens (tertiary/aromatic N) is 4. The summed E-state index contributed by atoms with van der Waals surface area (Å²) in [6, 6.07) is 20.3. The second-order valence-electron chi connectivity index (χ2n) is 5.68. The molecule has 0 N–H and O–H groups in total. The van der Waals surface area contributed by atoms with Crippen LogP contribution in [0.5, 0.6) is 0 Å². The molecule has 0 bridgehead atoms. The van der Waals surface area contributed by atoms with E-state index in [1.807, 2.05) is 46.0 Å². The van der Waals surface area contributed by atoms with Crippen LogP contribution in [0.4, 0.5) is 0 Å². The summed E-state index contributed by atoms with van der Waals surface area (Å²) in [5, 5.41) is 9.45. The SMILES string of the molecule is CCCCCCc1nn(-c2ccccc2)[n+](-c2ccccc2)n1.[Br-]. The Morgan fingerprint density at radius 2 is 1.54 bits per heavy atom. The predicted octanol–water partition coefficient (Wildman–Crippen LogP) is 0.671. The monoisotopic (exact) mass is 386 g/mol. The van der Waals surface area contributed by atoms with Gasteiger partial charge in [-0.05, 0) is 40.6 Å². The lowest BCUT2D eigenvalue weighted by Crippen LogP contribution is -3.00. The van der Waals surface area contributed by atoms with Crippen LogP contribution in [0.15, 0.2) is 60.7 Å². The molecule has 0 aliphatic carbocycles. The zero-order chi connectivity index (χ0) is 15.9. The van der Waals surface area contributed by atoms with Crippen molar-refractivity contribution in [2.45, 2.75) is 39.0 Å². The van der Waals surface area contributed by atoms with Gasteiger partial charge in [-0.15, -0.1) is 0 Å². The fourth-order valence-electron chi connectivity index (χ4n) is 2.59. The van der Waals surface area contributed by atoms with E-state index in [-0.39, 0.29) is 17.0 Å². The van der Waals surface area contributed by atoms with Gasteiger partial charge in [0, 0.05) is 11.2 Å². The highest BCUT2D eigenvalue weighted by molar-refractivity contribution is 5.28. The van der Waals surface area contributed by atoms with Crippen molar-refractivity contribution in [1.82, 2.24) is 15.0 Å². The minimum Gasteiger partial charge on any atom is -1.00 e. The van der Waals surface area contributed by atoms with E-state index >= 15 is 0 Å². The molecule has 0 saturated carbocycles. The van der Waals surface area contributed by atoms with Crippen LogP contribution in [-0.4, -0.2) is 15.0 Å². The molecule has 0 amide bonds. The molecule has 0 radical (unpaired) electrons. The van der Waals surface area contributed by atoms with Crippen LogP contribution in [0.2, 0.25) is 0 Å². The molecule has 3 rings (SSSR count). The van der Waals surface area contributed by atoms with Crippen molar-refractivity contribution in [1.29, 1.82) is 0 Å². The van der Waals surface area contributed by atoms with Crippen molar-refractivity contribution in [3.05, 3.63) is 66.5 Å². The maximum absolute atomic E-state index is 4.72. The number of tetrazole rings is 1. The van der Waals surface area contributed by atoms with Crippen LogP contribution >= 0.6 is 0 Å². The molecule has 0 aliphatic rings. The van der Waals surface area contributed by atoms with Gasteiger partial charge in [-0.25, -0.2) is 0 Å². The number of aryl methyl sites for hydroxylation is 1. The molecule has 0 fully saturated rings. The van der Waals surface area contributed by atoms with Crippen molar-refractivity contribution in [3.8, 4) is 11.4 Å². The van der Waals surface area contributed by atoms with E-state index in [1.54, 1.807) is 0 Å². The van der Waals surface area contributed by atoms with Crippen LogP contribution in [0.1, 0.15) is 38.4 Å². The molecular formula is C19H23BrN4. The molecule has 1 aromatic heterocycles. The Labute approximate surface area is 153 Å². The van der Waals surface area contributed by atoms with Gasteiger partial charge in [0.25, 0.3) is 0 Å². The summed E-state index contributed by atoms with van der Waals surface area (Å²) in [6.45, 7) is 2.23. The highest BCUT2D eigenvalue weighted by Gasteiger charge is 2.21. The predicted molar refractivity (Wildman–Crippen MR) is 90.7 cm³/mol. The normalized spacial score (nSPS) is 10.4. The summed E-state index contributed by atoms with van der Waals surface area (Å²) in [4.78, 5) is 3.76. The standard InChI is InChI=1S/C19H23N4.BrH/c1-2-3-4-11-16-19-20-22(17-12-7-5-8-13-17)23(21-19)18-14-9-6-10-15-18;/h5-10,12-15H,2-4,11,16H2,1H3;1H/q+1;/p-1. The van der Waals surface area contributed by atoms with Crippen molar-refractivity contribution >= 4 is 0 Å². The largest absolute Gasteiger partial charge is 1.00 e. The first-order chi connectivity index (χ1) is 11.4. The van der Waals surface area contributed by atoms with Crippen molar-refractivity contribution in [2.75, 3.05) is 0 Å². The molecule has 2 aromatic carbocycles. The number of hydrogen-bond donors (Lipinski definition) is 0. The highest BCUT2D eigenvalue weighted by Crippen LogP contribution is 2.08. The molecule has 0 unspecified atom stereocenters. The minimum absolute atomic E-state index is 0. The van der Waals surface area contributed by atoms with Gasteiger partial charge in [0.1, 0.15) is 5.69 Å². The quantitative estimate of drug-likeness (QED) is 0.441. The van der Waals surface area contributed by atoms with Gasteiger partial charge in [-0.2, -0.15) is 0 Å². The average molecular weight is 387 g/mol. The first-order valence-corrected chi connectivity index (χ1v) is 8.38. The summed E-state index contributed by atoms with van der Waals surface area (Å²) in [5.41, 5.74) is 2.03. The van der Waals surface area contributed by atoms with Gasteiger partial charge in [0.15, 0.2) is 5.69 Å². The Balaban J connectivity index is 0.00000208. The van der Waals surface area contributed by atoms with Gasteiger partial charge < -0.3 is 17.0 Å². The summed E-state index contributed by atoms with van der Waals surface area (Å²) >= 11 is 0. The third-order valence-electron chi connectivity index (χ3n) is 3.83. The molecule has 0 spiro atoms. The third-order valence-corrected chi connectivity index (χ3v) is 3.83. The Morgan fingerprint density at radius 3 is 2.21 bits per heavy atom. The molecule has 24 heavy (non-hydrogen) atoms. The zero-order valence-corrected chi connectivity index (χ0v) is 15.6. The van der Waals surface area contributed by atoms with Gasteiger partial charge >= 0.3 is 5.82 Å². The van der Waals surface area contributed by atoms with Crippen LogP contribution in [0, 0.1) is 0 Å². The lowest BCUT2D eigenvalue weighted by molar-refractivity contribution is -0.735. The number of unbranched alkanes of at least 4 members (excludes halogenated alkanes) is 3. The van der Waals surface area contributed by atoms with E-state index in [1.165, 1.54) is 19.3 Å². The summed E-state index contributed by atoms with van der Waals surface area (Å²) in [6.07, 6.45) is 5.82. The van der Waals surface area contributed by atoms with E-state index in [0.717, 1.165) is 30.0 Å². The molecule has 3 aromatic rings. The van der Waals surface area contributed by atoms with Crippen molar-refractivity contribution in [3.63, 3.8) is 0 Å². The highest BCUT2D eigenvalue weighted by atomic mass is 79.9.